The van der Waals surface area contributed by atoms with Crippen molar-refractivity contribution in [3.05, 3.63) is 35.3 Å². The van der Waals surface area contributed by atoms with E-state index in [1.54, 1.807) is 6.07 Å². The third kappa shape index (κ3) is 3.09. The minimum absolute atomic E-state index is 0.0480. The van der Waals surface area contributed by atoms with Crippen molar-refractivity contribution >= 4 is 11.7 Å². The van der Waals surface area contributed by atoms with E-state index in [1.165, 1.54) is 12.3 Å². The number of carbonyl (C=O) groups is 1. The lowest BCUT2D eigenvalue weighted by Crippen LogP contribution is -2.13. The number of pyridine rings is 1. The highest BCUT2D eigenvalue weighted by Gasteiger charge is 2.12. The summed E-state index contributed by atoms with van der Waals surface area (Å²) in [5.41, 5.74) is 1.74. The molecule has 0 fully saturated rings. The molecule has 0 radical (unpaired) electrons. The number of anilines is 1. The number of nitrogens with one attached hydrogen (secondary N) is 1. The second-order valence-corrected chi connectivity index (χ2v) is 4.22. The van der Waals surface area contributed by atoms with Crippen LogP contribution in [0.1, 0.15) is 23.4 Å². The Labute approximate surface area is 110 Å². The van der Waals surface area contributed by atoms with Crippen LogP contribution in [0.3, 0.4) is 0 Å². The molecule has 2 N–H and O–H groups in total. The van der Waals surface area contributed by atoms with Crippen LogP contribution in [0.4, 0.5) is 5.82 Å². The van der Waals surface area contributed by atoms with Crippen molar-refractivity contribution in [1.82, 2.24) is 10.1 Å². The van der Waals surface area contributed by atoms with Gasteiger partial charge in [0.1, 0.15) is 5.76 Å². The maximum Gasteiger partial charge on any atom is 0.225 e. The van der Waals surface area contributed by atoms with E-state index in [1.807, 2.05) is 13.8 Å². The zero-order valence-electron chi connectivity index (χ0n) is 10.8. The lowest BCUT2D eigenvalue weighted by Gasteiger charge is -2.05. The normalized spacial score (nSPS) is 10.4. The fraction of sp³-hybridized carbons (Fsp3) is 0.308. The summed E-state index contributed by atoms with van der Waals surface area (Å²) in [5, 5.41) is 15.9. The first-order chi connectivity index (χ1) is 9.08. The number of hydrogen-bond acceptors (Lipinski definition) is 5. The van der Waals surface area contributed by atoms with Gasteiger partial charge in [-0.1, -0.05) is 5.16 Å². The summed E-state index contributed by atoms with van der Waals surface area (Å²) in [6.07, 6.45) is 2.32. The number of aromatic nitrogens is 2. The molecular weight excluding hydrogens is 246 g/mol. The molecular formula is C13H15N3O3. The van der Waals surface area contributed by atoms with Gasteiger partial charge in [0.15, 0.2) is 11.6 Å². The number of hydrogen-bond donors (Lipinski definition) is 2. The number of carbonyl (C=O) groups excluding carboxylic acids is 1. The van der Waals surface area contributed by atoms with Crippen LogP contribution in [0, 0.1) is 13.8 Å². The number of amides is 1. The van der Waals surface area contributed by atoms with Crippen LogP contribution in [0.15, 0.2) is 22.9 Å². The molecule has 0 saturated heterocycles. The highest BCUT2D eigenvalue weighted by Crippen LogP contribution is 2.19. The molecule has 1 amide bonds. The van der Waals surface area contributed by atoms with Gasteiger partial charge in [0, 0.05) is 18.2 Å². The van der Waals surface area contributed by atoms with E-state index < -0.39 is 0 Å². The topological polar surface area (TPSA) is 88.3 Å². The molecule has 0 saturated carbocycles. The molecule has 0 aliphatic heterocycles. The van der Waals surface area contributed by atoms with Gasteiger partial charge < -0.3 is 14.9 Å². The third-order valence-electron chi connectivity index (χ3n) is 2.83. The average Bonchev–Trinajstić information content (AvgIpc) is 2.70. The van der Waals surface area contributed by atoms with Gasteiger partial charge in [-0.05, 0) is 32.4 Å². The molecule has 6 heteroatoms. The Bertz CT molecular complexity index is 573. The molecule has 2 heterocycles. The van der Waals surface area contributed by atoms with Crippen molar-refractivity contribution in [3.63, 3.8) is 0 Å². The van der Waals surface area contributed by atoms with Gasteiger partial charge in [-0.2, -0.15) is 0 Å². The van der Waals surface area contributed by atoms with E-state index in [2.05, 4.69) is 15.5 Å². The summed E-state index contributed by atoms with van der Waals surface area (Å²) < 4.78 is 5.03. The minimum atomic E-state index is -0.214. The van der Waals surface area contributed by atoms with Crippen molar-refractivity contribution in [3.8, 4) is 5.75 Å². The van der Waals surface area contributed by atoms with E-state index in [9.17, 15) is 9.90 Å². The Morgan fingerprint density at radius 3 is 2.89 bits per heavy atom. The van der Waals surface area contributed by atoms with E-state index in [-0.39, 0.29) is 23.9 Å². The lowest BCUT2D eigenvalue weighted by molar-refractivity contribution is -0.116. The molecule has 0 aliphatic rings. The second-order valence-electron chi connectivity index (χ2n) is 4.22. The summed E-state index contributed by atoms with van der Waals surface area (Å²) >= 11 is 0. The van der Waals surface area contributed by atoms with Gasteiger partial charge in [0.05, 0.1) is 5.69 Å². The zero-order chi connectivity index (χ0) is 13.8. The molecule has 2 aromatic rings. The summed E-state index contributed by atoms with van der Waals surface area (Å²) in [5.74, 6) is 0.638. The molecule has 6 nitrogen and oxygen atoms in total. The molecule has 0 atom stereocenters. The van der Waals surface area contributed by atoms with Crippen LogP contribution in [-0.2, 0) is 11.2 Å². The standard InChI is InChI=1S/C13H15N3O3/c1-8-10(9(2)19-16-8)5-6-12(18)15-13-11(17)4-3-7-14-13/h3-4,7,17H,5-6H2,1-2H3,(H,14,15,18). The highest BCUT2D eigenvalue weighted by molar-refractivity contribution is 5.91. The van der Waals surface area contributed by atoms with Gasteiger partial charge in [0.2, 0.25) is 5.91 Å². The molecule has 0 aromatic carbocycles. The van der Waals surface area contributed by atoms with Crippen LogP contribution in [0.2, 0.25) is 0 Å². The number of aryl methyl sites for hydroxylation is 2. The Morgan fingerprint density at radius 1 is 1.47 bits per heavy atom. The van der Waals surface area contributed by atoms with Crippen molar-refractivity contribution in [1.29, 1.82) is 0 Å². The van der Waals surface area contributed by atoms with Crippen LogP contribution >= 0.6 is 0 Å². The van der Waals surface area contributed by atoms with Gasteiger partial charge in [-0.15, -0.1) is 0 Å². The fourth-order valence-corrected chi connectivity index (χ4v) is 1.79. The Hall–Kier alpha value is -2.37. The van der Waals surface area contributed by atoms with Gasteiger partial charge >= 0.3 is 0 Å². The van der Waals surface area contributed by atoms with Crippen LogP contribution in [-0.4, -0.2) is 21.2 Å². The van der Waals surface area contributed by atoms with Crippen LogP contribution in [0.25, 0.3) is 0 Å². The van der Waals surface area contributed by atoms with Crippen molar-refractivity contribution in [2.45, 2.75) is 26.7 Å². The predicted octanol–water partition coefficient (Wildman–Crippen LogP) is 1.96. The fourth-order valence-electron chi connectivity index (χ4n) is 1.79. The van der Waals surface area contributed by atoms with E-state index in [0.717, 1.165) is 17.0 Å². The van der Waals surface area contributed by atoms with Crippen molar-refractivity contribution in [2.75, 3.05) is 5.32 Å². The molecule has 2 rings (SSSR count). The SMILES string of the molecule is Cc1noc(C)c1CCC(=O)Nc1ncccc1O. The van der Waals surface area contributed by atoms with Gasteiger partial charge in [0.25, 0.3) is 0 Å². The first-order valence-electron chi connectivity index (χ1n) is 5.93. The number of aromatic hydroxyl groups is 1. The quantitative estimate of drug-likeness (QED) is 0.878. The third-order valence-corrected chi connectivity index (χ3v) is 2.83. The Morgan fingerprint density at radius 2 is 2.26 bits per heavy atom. The first-order valence-corrected chi connectivity index (χ1v) is 5.93. The average molecular weight is 261 g/mol. The zero-order valence-corrected chi connectivity index (χ0v) is 10.8. The van der Waals surface area contributed by atoms with Crippen molar-refractivity contribution in [2.24, 2.45) is 0 Å². The Kier molecular flexibility index (Phi) is 3.79. The highest BCUT2D eigenvalue weighted by atomic mass is 16.5. The maximum atomic E-state index is 11.8. The van der Waals surface area contributed by atoms with Crippen LogP contribution < -0.4 is 5.32 Å². The lowest BCUT2D eigenvalue weighted by atomic mass is 10.1. The number of rotatable bonds is 4. The first kappa shape index (κ1) is 13.1. The molecule has 2 aromatic heterocycles. The molecule has 100 valence electrons. The minimum Gasteiger partial charge on any atom is -0.504 e. The summed E-state index contributed by atoms with van der Waals surface area (Å²) in [6, 6.07) is 3.06. The Balaban J connectivity index is 1.94. The van der Waals surface area contributed by atoms with Crippen molar-refractivity contribution < 1.29 is 14.4 Å². The largest absolute Gasteiger partial charge is 0.504 e. The van der Waals surface area contributed by atoms with E-state index in [0.29, 0.717) is 6.42 Å². The molecule has 0 bridgehead atoms. The summed E-state index contributed by atoms with van der Waals surface area (Å²) in [4.78, 5) is 15.7. The van der Waals surface area contributed by atoms with Gasteiger partial charge in [-0.25, -0.2) is 4.98 Å². The van der Waals surface area contributed by atoms with Gasteiger partial charge in [-0.3, -0.25) is 4.79 Å². The van der Waals surface area contributed by atoms with E-state index in [4.69, 9.17) is 4.52 Å². The number of nitrogens with zero attached hydrogens (tertiary/aromatic N) is 2. The smallest absolute Gasteiger partial charge is 0.225 e. The molecule has 0 unspecified atom stereocenters. The maximum absolute atomic E-state index is 11.8. The molecule has 0 spiro atoms. The van der Waals surface area contributed by atoms with Crippen LogP contribution in [0.5, 0.6) is 5.75 Å². The monoisotopic (exact) mass is 261 g/mol. The molecule has 0 aliphatic carbocycles. The predicted molar refractivity (Wildman–Crippen MR) is 68.8 cm³/mol. The summed E-state index contributed by atoms with van der Waals surface area (Å²) in [7, 11) is 0. The van der Waals surface area contributed by atoms with E-state index >= 15 is 0 Å². The second kappa shape index (κ2) is 5.51. The summed E-state index contributed by atoms with van der Waals surface area (Å²) in [6.45, 7) is 3.66. The molecule has 19 heavy (non-hydrogen) atoms.